The van der Waals surface area contributed by atoms with Gasteiger partial charge in [0.15, 0.2) is 5.60 Å². The van der Waals surface area contributed by atoms with E-state index in [2.05, 4.69) is 5.32 Å². The maximum absolute atomic E-state index is 12.6. The third-order valence-corrected chi connectivity index (χ3v) is 4.00. The maximum atomic E-state index is 12.6. The molecule has 0 spiro atoms. The molecule has 28 heavy (non-hydrogen) atoms. The molecule has 152 valence electrons. The normalized spacial score (nSPS) is 11.8. The molecule has 0 saturated heterocycles. The zero-order chi connectivity index (χ0) is 20.8. The first-order chi connectivity index (χ1) is 13.1. The molecule has 2 aromatic rings. The van der Waals surface area contributed by atoms with Crippen LogP contribution in [-0.2, 0) is 22.1 Å². The maximum Gasteiger partial charge on any atom is 0.416 e. The van der Waals surface area contributed by atoms with Crippen LogP contribution in [0.1, 0.15) is 31.9 Å². The van der Waals surface area contributed by atoms with Crippen LogP contribution >= 0.6 is 0 Å². The Hall–Kier alpha value is -2.70. The van der Waals surface area contributed by atoms with Crippen molar-refractivity contribution in [3.63, 3.8) is 0 Å². The Balaban J connectivity index is 1.92. The van der Waals surface area contributed by atoms with Gasteiger partial charge in [-0.2, -0.15) is 13.2 Å². The van der Waals surface area contributed by atoms with E-state index in [1.807, 2.05) is 6.07 Å². The summed E-state index contributed by atoms with van der Waals surface area (Å²) in [6.07, 6.45) is -3.76. The SMILES string of the molecule is CCOC(=O)C(C)(C)Oc1cccc(NCCc2ccc(C(F)(F)F)cc2)c1. The highest BCUT2D eigenvalue weighted by Crippen LogP contribution is 2.29. The van der Waals surface area contributed by atoms with Crippen LogP contribution in [0.5, 0.6) is 5.75 Å². The van der Waals surface area contributed by atoms with E-state index in [1.165, 1.54) is 12.1 Å². The third kappa shape index (κ3) is 6.18. The first-order valence-electron chi connectivity index (χ1n) is 8.98. The van der Waals surface area contributed by atoms with Crippen LogP contribution in [0.3, 0.4) is 0 Å². The van der Waals surface area contributed by atoms with Crippen LogP contribution in [-0.4, -0.2) is 24.7 Å². The van der Waals surface area contributed by atoms with E-state index in [4.69, 9.17) is 9.47 Å². The number of ether oxygens (including phenoxy) is 2. The predicted octanol–water partition coefficient (Wildman–Crippen LogP) is 5.08. The monoisotopic (exact) mass is 395 g/mol. The van der Waals surface area contributed by atoms with Crippen molar-refractivity contribution in [3.05, 3.63) is 59.7 Å². The van der Waals surface area contributed by atoms with Gasteiger partial charge >= 0.3 is 12.1 Å². The summed E-state index contributed by atoms with van der Waals surface area (Å²) in [6, 6.07) is 12.3. The fourth-order valence-electron chi connectivity index (χ4n) is 2.52. The first kappa shape index (κ1) is 21.6. The molecule has 0 unspecified atom stereocenters. The molecule has 0 saturated carbocycles. The van der Waals surface area contributed by atoms with Gasteiger partial charge in [-0.1, -0.05) is 18.2 Å². The molecule has 7 heteroatoms. The van der Waals surface area contributed by atoms with E-state index >= 15 is 0 Å². The molecule has 0 aromatic heterocycles. The lowest BCUT2D eigenvalue weighted by Gasteiger charge is -2.24. The molecule has 0 radical (unpaired) electrons. The lowest BCUT2D eigenvalue weighted by molar-refractivity contribution is -0.158. The number of benzene rings is 2. The van der Waals surface area contributed by atoms with E-state index in [0.29, 0.717) is 18.7 Å². The Bertz CT molecular complexity index is 786. The molecule has 0 heterocycles. The fourth-order valence-corrected chi connectivity index (χ4v) is 2.52. The Morgan fingerprint density at radius 3 is 2.36 bits per heavy atom. The average Bonchev–Trinajstić information content (AvgIpc) is 2.61. The summed E-state index contributed by atoms with van der Waals surface area (Å²) in [6.45, 7) is 5.81. The molecule has 4 nitrogen and oxygen atoms in total. The molecule has 2 rings (SSSR count). The first-order valence-corrected chi connectivity index (χ1v) is 8.98. The van der Waals surface area contributed by atoms with Crippen molar-refractivity contribution in [2.24, 2.45) is 0 Å². The standard InChI is InChI=1S/C21H24F3NO3/c1-4-27-19(26)20(2,3)28-18-7-5-6-17(14-18)25-13-12-15-8-10-16(11-9-15)21(22,23)24/h5-11,14,25H,4,12-13H2,1-3H3. The highest BCUT2D eigenvalue weighted by molar-refractivity contribution is 5.79. The van der Waals surface area contributed by atoms with Crippen molar-refractivity contribution in [2.75, 3.05) is 18.5 Å². The molecule has 0 aliphatic rings. The average molecular weight is 395 g/mol. The Labute approximate surface area is 162 Å². The van der Waals surface area contributed by atoms with Crippen molar-refractivity contribution in [1.82, 2.24) is 0 Å². The van der Waals surface area contributed by atoms with Crippen molar-refractivity contribution >= 4 is 11.7 Å². The Kier molecular flexibility index (Phi) is 6.94. The van der Waals surface area contributed by atoms with Crippen LogP contribution in [0, 0.1) is 0 Å². The number of hydrogen-bond acceptors (Lipinski definition) is 4. The van der Waals surface area contributed by atoms with Crippen LogP contribution < -0.4 is 10.1 Å². The summed E-state index contributed by atoms with van der Waals surface area (Å²) >= 11 is 0. The molecule has 1 N–H and O–H groups in total. The van der Waals surface area contributed by atoms with E-state index in [0.717, 1.165) is 23.4 Å². The third-order valence-electron chi connectivity index (χ3n) is 4.00. The second-order valence-electron chi connectivity index (χ2n) is 6.73. The summed E-state index contributed by atoms with van der Waals surface area (Å²) in [4.78, 5) is 11.9. The topological polar surface area (TPSA) is 47.6 Å². The number of alkyl halides is 3. The fraction of sp³-hybridized carbons (Fsp3) is 0.381. The molecule has 0 aliphatic carbocycles. The van der Waals surface area contributed by atoms with Gasteiger partial charge in [0.1, 0.15) is 5.75 Å². The van der Waals surface area contributed by atoms with Crippen LogP contribution in [0.4, 0.5) is 18.9 Å². The summed E-state index contributed by atoms with van der Waals surface area (Å²) < 4.78 is 48.5. The summed E-state index contributed by atoms with van der Waals surface area (Å²) in [5.41, 5.74) is -0.187. The van der Waals surface area contributed by atoms with Gasteiger partial charge < -0.3 is 14.8 Å². The Morgan fingerprint density at radius 2 is 1.75 bits per heavy atom. The number of carbonyl (C=O) groups is 1. The lowest BCUT2D eigenvalue weighted by Crippen LogP contribution is -2.39. The van der Waals surface area contributed by atoms with Gasteiger partial charge in [0.05, 0.1) is 12.2 Å². The molecule has 0 bridgehead atoms. The molecule has 0 aliphatic heterocycles. The molecular formula is C21H24F3NO3. The largest absolute Gasteiger partial charge is 0.476 e. The van der Waals surface area contributed by atoms with E-state index in [1.54, 1.807) is 39.0 Å². The number of hydrogen-bond donors (Lipinski definition) is 1. The number of esters is 1. The van der Waals surface area contributed by atoms with E-state index < -0.39 is 23.3 Å². The number of rotatable bonds is 8. The van der Waals surface area contributed by atoms with Crippen LogP contribution in [0.2, 0.25) is 0 Å². The highest BCUT2D eigenvalue weighted by Gasteiger charge is 2.31. The second-order valence-corrected chi connectivity index (χ2v) is 6.73. The summed E-state index contributed by atoms with van der Waals surface area (Å²) in [5.74, 6) is 0.0632. The second kappa shape index (κ2) is 8.99. The summed E-state index contributed by atoms with van der Waals surface area (Å²) in [5, 5.41) is 3.20. The minimum atomic E-state index is -4.32. The highest BCUT2D eigenvalue weighted by atomic mass is 19.4. The summed E-state index contributed by atoms with van der Waals surface area (Å²) in [7, 11) is 0. The molecule has 0 atom stereocenters. The predicted molar refractivity (Wildman–Crippen MR) is 101 cm³/mol. The molecular weight excluding hydrogens is 371 g/mol. The number of nitrogens with one attached hydrogen (secondary N) is 1. The minimum Gasteiger partial charge on any atom is -0.476 e. The van der Waals surface area contributed by atoms with Gasteiger partial charge in [0, 0.05) is 18.3 Å². The number of carbonyl (C=O) groups excluding carboxylic acids is 1. The van der Waals surface area contributed by atoms with Crippen LogP contribution in [0.25, 0.3) is 0 Å². The smallest absolute Gasteiger partial charge is 0.416 e. The van der Waals surface area contributed by atoms with Gasteiger partial charge in [-0.15, -0.1) is 0 Å². The van der Waals surface area contributed by atoms with E-state index in [-0.39, 0.29) is 6.61 Å². The Morgan fingerprint density at radius 1 is 1.07 bits per heavy atom. The van der Waals surface area contributed by atoms with Crippen molar-refractivity contribution in [2.45, 2.75) is 39.0 Å². The van der Waals surface area contributed by atoms with E-state index in [9.17, 15) is 18.0 Å². The molecule has 0 amide bonds. The zero-order valence-electron chi connectivity index (χ0n) is 16.1. The molecule has 2 aromatic carbocycles. The van der Waals surface area contributed by atoms with Gasteiger partial charge in [0.25, 0.3) is 0 Å². The minimum absolute atomic E-state index is 0.275. The van der Waals surface area contributed by atoms with Gasteiger partial charge in [-0.25, -0.2) is 4.79 Å². The van der Waals surface area contributed by atoms with Gasteiger partial charge in [0.2, 0.25) is 0 Å². The van der Waals surface area contributed by atoms with Gasteiger partial charge in [-0.05, 0) is 57.0 Å². The quantitative estimate of drug-likeness (QED) is 0.633. The molecule has 0 fully saturated rings. The van der Waals surface area contributed by atoms with Crippen molar-refractivity contribution in [1.29, 1.82) is 0 Å². The number of halogens is 3. The van der Waals surface area contributed by atoms with Crippen LogP contribution in [0.15, 0.2) is 48.5 Å². The number of anilines is 1. The van der Waals surface area contributed by atoms with Crippen molar-refractivity contribution < 1.29 is 27.4 Å². The lowest BCUT2D eigenvalue weighted by atomic mass is 10.1. The van der Waals surface area contributed by atoms with Crippen molar-refractivity contribution in [3.8, 4) is 5.75 Å². The van der Waals surface area contributed by atoms with Gasteiger partial charge in [-0.3, -0.25) is 0 Å². The zero-order valence-corrected chi connectivity index (χ0v) is 16.1.